The van der Waals surface area contributed by atoms with E-state index in [4.69, 9.17) is 43.0 Å². The fraction of sp³-hybridized carbons (Fsp3) is 0.297. The molecule has 4 aromatic carbocycles. The third-order valence-corrected chi connectivity index (χ3v) is 7.30. The summed E-state index contributed by atoms with van der Waals surface area (Å²) in [5, 5.41) is 26.1. The molecule has 0 aromatic heterocycles. The molecule has 0 aliphatic heterocycles. The van der Waals surface area contributed by atoms with Gasteiger partial charge in [0, 0.05) is 48.9 Å². The Morgan fingerprint density at radius 2 is 0.712 bits per heavy atom. The molecule has 13 nitrogen and oxygen atoms in total. The number of carbonyl (C=O) groups is 2. The maximum atomic E-state index is 11.3. The van der Waals surface area contributed by atoms with Crippen LogP contribution in [0.4, 0.5) is 0 Å². The second-order valence-electron chi connectivity index (χ2n) is 9.92. The van der Waals surface area contributed by atoms with Gasteiger partial charge in [0.05, 0.1) is 70.1 Å². The summed E-state index contributed by atoms with van der Waals surface area (Å²) in [7, 11) is 13.1. The second-order valence-corrected chi connectivity index (χ2v) is 9.92. The zero-order valence-corrected chi connectivity index (χ0v) is 33.2. The van der Waals surface area contributed by atoms with E-state index in [1.807, 2.05) is 0 Å². The van der Waals surface area contributed by atoms with Crippen LogP contribution < -0.4 is 67.5 Å². The molecule has 275 valence electrons. The molecule has 4 rings (SSSR count). The van der Waals surface area contributed by atoms with Crippen LogP contribution >= 0.6 is 0 Å². The predicted molar refractivity (Wildman–Crippen MR) is 194 cm³/mol. The minimum atomic E-state index is -0.146. The van der Waals surface area contributed by atoms with Crippen molar-refractivity contribution in [2.45, 2.75) is 13.2 Å². The molecule has 0 spiro atoms. The maximum Gasteiger partial charge on any atom is 1.00 e. The van der Waals surface area contributed by atoms with Crippen molar-refractivity contribution in [1.82, 2.24) is 0 Å². The number of carbonyl (C=O) groups excluding carboxylic acids is 2. The van der Waals surface area contributed by atoms with Gasteiger partial charge in [-0.05, 0) is 59.7 Å². The molecule has 52 heavy (non-hydrogen) atoms. The second kappa shape index (κ2) is 23.9. The molecule has 0 heterocycles. The van der Waals surface area contributed by atoms with E-state index in [9.17, 15) is 19.8 Å². The number of aliphatic hydroxyl groups is 3. The molecule has 0 unspecified atom stereocenters. The molecule has 3 radical (unpaired) electrons. The minimum absolute atomic E-state index is 0. The molecule has 0 amide bonds. The minimum Gasteiger partial charge on any atom is -1.00 e. The molecule has 0 fully saturated rings. The van der Waals surface area contributed by atoms with Gasteiger partial charge >= 0.3 is 29.6 Å². The van der Waals surface area contributed by atoms with E-state index in [0.29, 0.717) is 103 Å². The van der Waals surface area contributed by atoms with Crippen LogP contribution in [0.1, 0.15) is 33.3 Å². The fourth-order valence-electron chi connectivity index (χ4n) is 5.13. The quantitative estimate of drug-likeness (QED) is 0.127. The van der Waals surface area contributed by atoms with Crippen LogP contribution in [-0.4, -0.2) is 100 Å². The van der Waals surface area contributed by atoms with Gasteiger partial charge in [-0.2, -0.15) is 0 Å². The monoisotopic (exact) mass is 731 g/mol. The molecule has 15 heteroatoms. The van der Waals surface area contributed by atoms with Crippen molar-refractivity contribution in [3.63, 3.8) is 0 Å². The van der Waals surface area contributed by atoms with Crippen LogP contribution in [0.2, 0.25) is 0 Å². The van der Waals surface area contributed by atoms with Gasteiger partial charge in [-0.15, -0.1) is 0 Å². The third kappa shape index (κ3) is 10.8. The molecule has 0 aliphatic carbocycles. The zero-order chi connectivity index (χ0) is 37.4. The van der Waals surface area contributed by atoms with Gasteiger partial charge < -0.3 is 54.6 Å². The van der Waals surface area contributed by atoms with Crippen LogP contribution in [0.25, 0.3) is 22.3 Å². The predicted octanol–water partition coefficient (Wildman–Crippen LogP) is 1.73. The number of ether oxygens (including phenoxy) is 8. The number of aldehydes is 2. The molecule has 0 saturated heterocycles. The standard InChI is InChI=1S/C18H22O6.C18H18O6.CH4O.B.Na.H/c2*1-21-15-7-11(9-19)5-13(17(15)23-3)14-6-12(10-20)8-16(22-2)18(14)24-4;1-2;;;/h5-8,19-20H,9-10H2,1-4H3;5-10H,1-4H3;2H,1H3;;;/q;;;;+1;-1. The first-order valence-corrected chi connectivity index (χ1v) is 14.9. The average Bonchev–Trinajstić information content (AvgIpc) is 3.19. The van der Waals surface area contributed by atoms with E-state index in [2.05, 4.69) is 0 Å². The maximum absolute atomic E-state index is 11.3. The molecule has 0 aliphatic rings. The summed E-state index contributed by atoms with van der Waals surface area (Å²) in [6.07, 6.45) is 1.41. The summed E-state index contributed by atoms with van der Waals surface area (Å²) in [6, 6.07) is 13.4. The zero-order valence-electron chi connectivity index (χ0n) is 32.2. The van der Waals surface area contributed by atoms with Gasteiger partial charge in [-0.1, -0.05) is 0 Å². The van der Waals surface area contributed by atoms with Gasteiger partial charge in [0.15, 0.2) is 46.0 Å². The number of rotatable bonds is 14. The van der Waals surface area contributed by atoms with Crippen LogP contribution in [0.15, 0.2) is 48.5 Å². The van der Waals surface area contributed by atoms with Crippen molar-refractivity contribution in [3.8, 4) is 68.2 Å². The van der Waals surface area contributed by atoms with Crippen molar-refractivity contribution in [2.75, 3.05) is 64.0 Å². The topological polar surface area (TPSA) is 169 Å². The summed E-state index contributed by atoms with van der Waals surface area (Å²) in [5.74, 6) is 3.64. The molecular formula is C37H45BNaO13. The van der Waals surface area contributed by atoms with Crippen molar-refractivity contribution < 1.29 is 93.8 Å². The Morgan fingerprint density at radius 1 is 0.462 bits per heavy atom. The summed E-state index contributed by atoms with van der Waals surface area (Å²) < 4.78 is 43.2. The molecule has 0 bridgehead atoms. The first-order valence-electron chi connectivity index (χ1n) is 14.9. The number of benzene rings is 4. The van der Waals surface area contributed by atoms with E-state index in [0.717, 1.165) is 7.11 Å². The average molecular weight is 732 g/mol. The number of methoxy groups -OCH3 is 8. The van der Waals surface area contributed by atoms with Crippen molar-refractivity contribution in [3.05, 3.63) is 70.8 Å². The van der Waals surface area contributed by atoms with E-state index in [1.54, 1.807) is 62.8 Å². The van der Waals surface area contributed by atoms with Crippen molar-refractivity contribution >= 4 is 21.0 Å². The van der Waals surface area contributed by atoms with Gasteiger partial charge in [0.1, 0.15) is 12.6 Å². The van der Waals surface area contributed by atoms with Crippen LogP contribution in [0, 0.1) is 0 Å². The molecule has 4 aromatic rings. The van der Waals surface area contributed by atoms with Gasteiger partial charge in [-0.3, -0.25) is 9.59 Å². The fourth-order valence-corrected chi connectivity index (χ4v) is 5.13. The molecular weight excluding hydrogens is 686 g/mol. The smallest absolute Gasteiger partial charge is 1.00 e. The Kier molecular flexibility index (Phi) is 21.9. The summed E-state index contributed by atoms with van der Waals surface area (Å²) in [4.78, 5) is 22.5. The van der Waals surface area contributed by atoms with Gasteiger partial charge in [-0.25, -0.2) is 0 Å². The first kappa shape index (κ1) is 47.6. The summed E-state index contributed by atoms with van der Waals surface area (Å²) in [6.45, 7) is -0.293. The largest absolute Gasteiger partial charge is 1.00 e. The molecule has 0 atom stereocenters. The molecule has 3 N–H and O–H groups in total. The van der Waals surface area contributed by atoms with Crippen molar-refractivity contribution in [2.24, 2.45) is 0 Å². The van der Waals surface area contributed by atoms with Crippen LogP contribution in [-0.2, 0) is 13.2 Å². The van der Waals surface area contributed by atoms with E-state index < -0.39 is 0 Å². The normalized spacial score (nSPS) is 9.54. The molecule has 0 saturated carbocycles. The van der Waals surface area contributed by atoms with E-state index in [-0.39, 0.29) is 52.6 Å². The van der Waals surface area contributed by atoms with Crippen molar-refractivity contribution in [1.29, 1.82) is 0 Å². The van der Waals surface area contributed by atoms with E-state index in [1.165, 1.54) is 42.7 Å². The Morgan fingerprint density at radius 3 is 0.923 bits per heavy atom. The summed E-state index contributed by atoms with van der Waals surface area (Å²) >= 11 is 0. The Bertz CT molecular complexity index is 1630. The number of hydrogen-bond acceptors (Lipinski definition) is 13. The Labute approximate surface area is 329 Å². The van der Waals surface area contributed by atoms with Crippen LogP contribution in [0.3, 0.4) is 0 Å². The summed E-state index contributed by atoms with van der Waals surface area (Å²) in [5.41, 5.74) is 4.59. The van der Waals surface area contributed by atoms with E-state index >= 15 is 0 Å². The Balaban J connectivity index is 0. The first-order chi connectivity index (χ1) is 24.2. The number of aliphatic hydroxyl groups excluding tert-OH is 3. The SMILES string of the molecule is CO.COc1cc(C=O)cc(-c2cc(C=O)cc(OC)c2OC)c1OC.COc1cc(CO)cc(-c2cc(CO)cc(OC)c2OC)c1OC.[B].[H-].[Na+]. The third-order valence-electron chi connectivity index (χ3n) is 7.30. The number of hydrogen-bond donors (Lipinski definition) is 3. The van der Waals surface area contributed by atoms with Gasteiger partial charge in [0.2, 0.25) is 0 Å². The van der Waals surface area contributed by atoms with Gasteiger partial charge in [0.25, 0.3) is 0 Å². The van der Waals surface area contributed by atoms with Crippen LogP contribution in [0.5, 0.6) is 46.0 Å². The Hall–Kier alpha value is -4.44.